The van der Waals surface area contributed by atoms with Gasteiger partial charge in [-0.25, -0.2) is 4.98 Å². The average Bonchev–Trinajstić information content (AvgIpc) is 3.38. The Morgan fingerprint density at radius 1 is 1.04 bits per heavy atom. The quantitative estimate of drug-likeness (QED) is 0.828. The SMILES string of the molecule is O=C(c1csc(-c2ccc(Cl)cc2)n1)N1CCN(C(=O)C2CC2)CC1. The van der Waals surface area contributed by atoms with Crippen LogP contribution in [0.25, 0.3) is 10.6 Å². The van der Waals surface area contributed by atoms with Crippen LogP contribution in [0.5, 0.6) is 0 Å². The van der Waals surface area contributed by atoms with E-state index in [9.17, 15) is 9.59 Å². The van der Waals surface area contributed by atoms with E-state index in [1.165, 1.54) is 11.3 Å². The molecular weight excluding hydrogens is 358 g/mol. The van der Waals surface area contributed by atoms with Gasteiger partial charge >= 0.3 is 0 Å². The maximum atomic E-state index is 12.7. The Hall–Kier alpha value is -1.92. The fourth-order valence-electron chi connectivity index (χ4n) is 2.98. The molecular formula is C18H18ClN3O2S. The summed E-state index contributed by atoms with van der Waals surface area (Å²) in [6.07, 6.45) is 2.04. The minimum atomic E-state index is -0.0602. The number of piperazine rings is 1. The molecule has 1 aliphatic carbocycles. The van der Waals surface area contributed by atoms with E-state index in [2.05, 4.69) is 4.98 Å². The highest BCUT2D eigenvalue weighted by Gasteiger charge is 2.35. The summed E-state index contributed by atoms with van der Waals surface area (Å²) in [5.41, 5.74) is 1.42. The topological polar surface area (TPSA) is 53.5 Å². The highest BCUT2D eigenvalue weighted by molar-refractivity contribution is 7.13. The summed E-state index contributed by atoms with van der Waals surface area (Å²) in [4.78, 5) is 32.9. The molecule has 0 radical (unpaired) electrons. The van der Waals surface area contributed by atoms with Gasteiger partial charge in [-0.2, -0.15) is 0 Å². The highest BCUT2D eigenvalue weighted by Crippen LogP contribution is 2.31. The number of halogens is 1. The van der Waals surface area contributed by atoms with Crippen LogP contribution < -0.4 is 0 Å². The molecule has 2 aliphatic rings. The maximum Gasteiger partial charge on any atom is 0.273 e. The number of hydrogen-bond acceptors (Lipinski definition) is 4. The Balaban J connectivity index is 1.40. The summed E-state index contributed by atoms with van der Waals surface area (Å²) in [6, 6.07) is 7.43. The predicted molar refractivity (Wildman–Crippen MR) is 97.8 cm³/mol. The van der Waals surface area contributed by atoms with Gasteiger partial charge in [-0.05, 0) is 25.0 Å². The third-order valence-corrected chi connectivity index (χ3v) is 5.76. The molecule has 1 aromatic carbocycles. The highest BCUT2D eigenvalue weighted by atomic mass is 35.5. The molecule has 25 heavy (non-hydrogen) atoms. The van der Waals surface area contributed by atoms with Crippen molar-refractivity contribution in [2.24, 2.45) is 5.92 Å². The Morgan fingerprint density at radius 3 is 2.32 bits per heavy atom. The molecule has 2 aromatic rings. The number of thiazole rings is 1. The maximum absolute atomic E-state index is 12.7. The van der Waals surface area contributed by atoms with Gasteiger partial charge in [0.2, 0.25) is 5.91 Å². The molecule has 2 fully saturated rings. The van der Waals surface area contributed by atoms with Gasteiger partial charge in [0.1, 0.15) is 10.7 Å². The smallest absolute Gasteiger partial charge is 0.273 e. The van der Waals surface area contributed by atoms with Crippen molar-refractivity contribution in [3.05, 3.63) is 40.4 Å². The lowest BCUT2D eigenvalue weighted by molar-refractivity contribution is -0.134. The fourth-order valence-corrected chi connectivity index (χ4v) is 3.90. The third-order valence-electron chi connectivity index (χ3n) is 4.62. The van der Waals surface area contributed by atoms with E-state index in [-0.39, 0.29) is 17.7 Å². The van der Waals surface area contributed by atoms with Crippen LogP contribution in [0.1, 0.15) is 23.3 Å². The molecule has 1 saturated carbocycles. The second-order valence-electron chi connectivity index (χ2n) is 6.44. The van der Waals surface area contributed by atoms with E-state index in [1.54, 1.807) is 10.3 Å². The molecule has 0 N–H and O–H groups in total. The Labute approximate surface area is 155 Å². The van der Waals surface area contributed by atoms with Crippen LogP contribution in [-0.2, 0) is 4.79 Å². The van der Waals surface area contributed by atoms with Crippen molar-refractivity contribution in [2.75, 3.05) is 26.2 Å². The number of carbonyl (C=O) groups excluding carboxylic acids is 2. The van der Waals surface area contributed by atoms with E-state index in [4.69, 9.17) is 11.6 Å². The average molecular weight is 376 g/mol. The number of aromatic nitrogens is 1. The third kappa shape index (κ3) is 3.55. The van der Waals surface area contributed by atoms with Crippen LogP contribution in [0.4, 0.5) is 0 Å². The van der Waals surface area contributed by atoms with Gasteiger partial charge in [0, 0.05) is 48.1 Å². The molecule has 1 aromatic heterocycles. The van der Waals surface area contributed by atoms with Crippen LogP contribution in [0.3, 0.4) is 0 Å². The number of nitrogens with zero attached hydrogens (tertiary/aromatic N) is 3. The van der Waals surface area contributed by atoms with E-state index < -0.39 is 0 Å². The first kappa shape index (κ1) is 16.5. The van der Waals surface area contributed by atoms with Gasteiger partial charge in [0.15, 0.2) is 0 Å². The van der Waals surface area contributed by atoms with Gasteiger partial charge in [-0.15, -0.1) is 11.3 Å². The van der Waals surface area contributed by atoms with E-state index in [0.29, 0.717) is 36.9 Å². The minimum absolute atomic E-state index is 0.0602. The Bertz CT molecular complexity index is 793. The summed E-state index contributed by atoms with van der Waals surface area (Å²) < 4.78 is 0. The molecule has 0 spiro atoms. The molecule has 7 heteroatoms. The fraction of sp³-hybridized carbons (Fsp3) is 0.389. The van der Waals surface area contributed by atoms with Gasteiger partial charge in [-0.1, -0.05) is 23.7 Å². The van der Waals surface area contributed by atoms with Crippen molar-refractivity contribution in [2.45, 2.75) is 12.8 Å². The molecule has 1 saturated heterocycles. The van der Waals surface area contributed by atoms with Crippen LogP contribution in [-0.4, -0.2) is 52.8 Å². The number of amides is 2. The predicted octanol–water partition coefficient (Wildman–Crippen LogP) is 3.16. The Morgan fingerprint density at radius 2 is 1.68 bits per heavy atom. The first-order valence-corrected chi connectivity index (χ1v) is 9.67. The van der Waals surface area contributed by atoms with Crippen LogP contribution >= 0.6 is 22.9 Å². The van der Waals surface area contributed by atoms with Crippen molar-refractivity contribution in [1.29, 1.82) is 0 Å². The van der Waals surface area contributed by atoms with Crippen molar-refractivity contribution in [1.82, 2.24) is 14.8 Å². The van der Waals surface area contributed by atoms with Crippen LogP contribution in [0.2, 0.25) is 5.02 Å². The summed E-state index contributed by atoms with van der Waals surface area (Å²) in [5, 5.41) is 3.28. The zero-order valence-electron chi connectivity index (χ0n) is 13.7. The monoisotopic (exact) mass is 375 g/mol. The van der Waals surface area contributed by atoms with Crippen LogP contribution in [0.15, 0.2) is 29.6 Å². The zero-order valence-corrected chi connectivity index (χ0v) is 15.2. The molecule has 130 valence electrons. The van der Waals surface area contributed by atoms with Gasteiger partial charge < -0.3 is 9.80 Å². The van der Waals surface area contributed by atoms with Crippen molar-refractivity contribution in [3.8, 4) is 10.6 Å². The standard InChI is InChI=1S/C18H18ClN3O2S/c19-14-5-3-12(4-6-14)16-20-15(11-25-16)18(24)22-9-7-21(8-10-22)17(23)13-1-2-13/h3-6,11,13H,1-2,7-10H2. The van der Waals surface area contributed by atoms with Gasteiger partial charge in [-0.3, -0.25) is 9.59 Å². The second-order valence-corrected chi connectivity index (χ2v) is 7.73. The van der Waals surface area contributed by atoms with E-state index in [1.807, 2.05) is 29.2 Å². The number of carbonyl (C=O) groups is 2. The van der Waals surface area contributed by atoms with E-state index >= 15 is 0 Å². The summed E-state index contributed by atoms with van der Waals surface area (Å²) in [6.45, 7) is 2.39. The molecule has 0 atom stereocenters. The molecule has 0 bridgehead atoms. The van der Waals surface area contributed by atoms with E-state index in [0.717, 1.165) is 23.4 Å². The molecule has 4 rings (SSSR count). The molecule has 2 heterocycles. The van der Waals surface area contributed by atoms with Gasteiger partial charge in [0.05, 0.1) is 0 Å². The molecule has 0 unspecified atom stereocenters. The van der Waals surface area contributed by atoms with Crippen LogP contribution in [0, 0.1) is 5.92 Å². The lowest BCUT2D eigenvalue weighted by atomic mass is 10.2. The largest absolute Gasteiger partial charge is 0.339 e. The first-order chi connectivity index (χ1) is 12.1. The second kappa shape index (κ2) is 6.77. The summed E-state index contributed by atoms with van der Waals surface area (Å²) in [7, 11) is 0. The number of hydrogen-bond donors (Lipinski definition) is 0. The minimum Gasteiger partial charge on any atom is -0.339 e. The molecule has 2 amide bonds. The van der Waals surface area contributed by atoms with Crippen molar-refractivity contribution < 1.29 is 9.59 Å². The first-order valence-electron chi connectivity index (χ1n) is 8.41. The molecule has 1 aliphatic heterocycles. The number of rotatable bonds is 3. The zero-order chi connectivity index (χ0) is 17.4. The normalized spacial score (nSPS) is 17.6. The number of benzene rings is 1. The van der Waals surface area contributed by atoms with Crippen molar-refractivity contribution >= 4 is 34.8 Å². The summed E-state index contributed by atoms with van der Waals surface area (Å²) >= 11 is 7.36. The Kier molecular flexibility index (Phi) is 4.48. The molecule has 5 nitrogen and oxygen atoms in total. The lowest BCUT2D eigenvalue weighted by Gasteiger charge is -2.34. The lowest BCUT2D eigenvalue weighted by Crippen LogP contribution is -2.51. The summed E-state index contributed by atoms with van der Waals surface area (Å²) in [5.74, 6) is 0.434. The van der Waals surface area contributed by atoms with Crippen molar-refractivity contribution in [3.63, 3.8) is 0 Å². The van der Waals surface area contributed by atoms with Gasteiger partial charge in [0.25, 0.3) is 5.91 Å².